The van der Waals surface area contributed by atoms with E-state index in [1.807, 2.05) is 0 Å². The predicted octanol–water partition coefficient (Wildman–Crippen LogP) is -1.01. The molecule has 0 unspecified atom stereocenters. The van der Waals surface area contributed by atoms with Gasteiger partial charge in [-0.3, -0.25) is 4.55 Å². The van der Waals surface area contributed by atoms with Crippen LogP contribution in [0.2, 0.25) is 0 Å². The van der Waals surface area contributed by atoms with Crippen molar-refractivity contribution in [2.24, 2.45) is 0 Å². The number of hydrogen-bond donors (Lipinski definition) is 3. The first-order valence-electron chi connectivity index (χ1n) is 2.29. The zero-order valence-electron chi connectivity index (χ0n) is 5.27. The topological polar surface area (TPSA) is 94.8 Å². The van der Waals surface area contributed by atoms with Crippen molar-refractivity contribution in [3.63, 3.8) is 0 Å². The largest absolute Gasteiger partial charge is 0.394 e. The van der Waals surface area contributed by atoms with Crippen LogP contribution in [0.4, 0.5) is 0 Å². The second-order valence-electron chi connectivity index (χ2n) is 1.13. The van der Waals surface area contributed by atoms with Crippen LogP contribution in [-0.4, -0.2) is 36.4 Å². The van der Waals surface area contributed by atoms with E-state index in [2.05, 4.69) is 6.58 Å². The zero-order chi connectivity index (χ0) is 8.62. The molecule has 0 amide bonds. The molecule has 6 heteroatoms. The molecule has 0 spiro atoms. The van der Waals surface area contributed by atoms with Gasteiger partial charge in [-0.15, -0.1) is 0 Å². The van der Waals surface area contributed by atoms with Gasteiger partial charge in [0.15, 0.2) is 0 Å². The summed E-state index contributed by atoms with van der Waals surface area (Å²) in [5, 5.41) is 15.7. The van der Waals surface area contributed by atoms with Crippen molar-refractivity contribution < 1.29 is 23.2 Å². The molecule has 0 aromatic carbocycles. The summed E-state index contributed by atoms with van der Waals surface area (Å²) in [7, 11) is -3.90. The van der Waals surface area contributed by atoms with E-state index in [-0.39, 0.29) is 13.2 Å². The molecule has 3 N–H and O–H groups in total. The van der Waals surface area contributed by atoms with Crippen molar-refractivity contribution in [2.75, 3.05) is 13.2 Å². The van der Waals surface area contributed by atoms with Gasteiger partial charge >= 0.3 is 0 Å². The van der Waals surface area contributed by atoms with Crippen molar-refractivity contribution >= 4 is 10.1 Å². The van der Waals surface area contributed by atoms with Crippen LogP contribution in [0.3, 0.4) is 0 Å². The lowest BCUT2D eigenvalue weighted by Gasteiger charge is -1.73. The molecular weight excluding hydrogens is 160 g/mol. The normalized spacial score (nSPS) is 9.50. The fraction of sp³-hybridized carbons (Fsp3) is 0.500. The fourth-order valence-corrected chi connectivity index (χ4v) is 0. The molecule has 0 saturated heterocycles. The summed E-state index contributed by atoms with van der Waals surface area (Å²) in [4.78, 5) is 0. The zero-order valence-corrected chi connectivity index (χ0v) is 6.08. The van der Waals surface area contributed by atoms with Crippen LogP contribution in [0.5, 0.6) is 0 Å². The lowest BCUT2D eigenvalue weighted by molar-refractivity contribution is 0.186. The smallest absolute Gasteiger partial charge is 0.287 e. The van der Waals surface area contributed by atoms with Crippen LogP contribution in [0.15, 0.2) is 12.0 Å². The molecular formula is C4H10O5S. The maximum absolute atomic E-state index is 9.44. The van der Waals surface area contributed by atoms with Gasteiger partial charge in [0.05, 0.1) is 18.6 Å². The van der Waals surface area contributed by atoms with Gasteiger partial charge in [-0.25, -0.2) is 0 Å². The quantitative estimate of drug-likeness (QED) is 0.461. The predicted molar refractivity (Wildman–Crippen MR) is 35.9 cm³/mol. The summed E-state index contributed by atoms with van der Waals surface area (Å²) in [6.07, 6.45) is 0. The summed E-state index contributed by atoms with van der Waals surface area (Å²) in [5.74, 6) is 0. The molecule has 0 fully saturated rings. The third-order valence-corrected chi connectivity index (χ3v) is 0.732. The average Bonchev–Trinajstić information content (AvgIpc) is 1.87. The van der Waals surface area contributed by atoms with E-state index in [1.54, 1.807) is 0 Å². The van der Waals surface area contributed by atoms with Gasteiger partial charge in [0.1, 0.15) is 0 Å². The Morgan fingerprint density at radius 3 is 1.50 bits per heavy atom. The molecule has 0 radical (unpaired) electrons. The van der Waals surface area contributed by atoms with Crippen LogP contribution in [0.25, 0.3) is 0 Å². The van der Waals surface area contributed by atoms with E-state index in [1.165, 1.54) is 0 Å². The van der Waals surface area contributed by atoms with Crippen molar-refractivity contribution in [3.05, 3.63) is 12.0 Å². The lowest BCUT2D eigenvalue weighted by atomic mass is 10.8. The third kappa shape index (κ3) is 25.6. The van der Waals surface area contributed by atoms with Gasteiger partial charge in [-0.05, 0) is 0 Å². The molecule has 0 aliphatic carbocycles. The van der Waals surface area contributed by atoms with E-state index in [9.17, 15) is 8.42 Å². The molecule has 0 aromatic heterocycles. The Labute approximate surface area is 59.4 Å². The minimum atomic E-state index is -3.90. The van der Waals surface area contributed by atoms with Crippen LogP contribution >= 0.6 is 0 Å². The lowest BCUT2D eigenvalue weighted by Crippen LogP contribution is -1.86. The van der Waals surface area contributed by atoms with Crippen LogP contribution in [-0.2, 0) is 10.1 Å². The molecule has 5 nitrogen and oxygen atoms in total. The minimum Gasteiger partial charge on any atom is -0.394 e. The third-order valence-electron chi connectivity index (χ3n) is 0.311. The van der Waals surface area contributed by atoms with Crippen LogP contribution in [0.1, 0.15) is 0 Å². The monoisotopic (exact) mass is 170 g/mol. The molecule has 0 aliphatic heterocycles. The Morgan fingerprint density at radius 1 is 1.30 bits per heavy atom. The number of aliphatic hydroxyl groups is 2. The van der Waals surface area contributed by atoms with E-state index in [0.717, 1.165) is 0 Å². The highest BCUT2D eigenvalue weighted by atomic mass is 32.2. The molecule has 0 aliphatic rings. The van der Waals surface area contributed by atoms with Crippen LogP contribution < -0.4 is 0 Å². The Hall–Kier alpha value is -0.430. The molecule has 10 heavy (non-hydrogen) atoms. The Morgan fingerprint density at radius 2 is 1.50 bits per heavy atom. The summed E-state index contributed by atoms with van der Waals surface area (Å²) in [6.45, 7) is 2.54. The number of hydrogen-bond acceptors (Lipinski definition) is 4. The number of rotatable bonds is 2. The van der Waals surface area contributed by atoms with Crippen molar-refractivity contribution in [1.82, 2.24) is 0 Å². The van der Waals surface area contributed by atoms with Gasteiger partial charge in [-0.2, -0.15) is 8.42 Å². The molecule has 0 aromatic rings. The first-order chi connectivity index (χ1) is 4.47. The Bertz CT molecular complexity index is 145. The highest BCUT2D eigenvalue weighted by molar-refractivity contribution is 7.88. The molecule has 0 saturated carbocycles. The molecule has 62 valence electrons. The summed E-state index contributed by atoms with van der Waals surface area (Å²) >= 11 is 0. The Balaban J connectivity index is 0. The summed E-state index contributed by atoms with van der Waals surface area (Å²) in [6, 6.07) is 0. The maximum atomic E-state index is 9.44. The number of aliphatic hydroxyl groups excluding tert-OH is 2. The van der Waals surface area contributed by atoms with Gasteiger partial charge in [0.25, 0.3) is 10.1 Å². The van der Waals surface area contributed by atoms with E-state index >= 15 is 0 Å². The Kier molecular flexibility index (Phi) is 8.20. The standard InChI is InChI=1S/C2H4O3S.C2H6O2/c1-2-6(3,4)5;3-1-2-4/h2H,1H2,(H,3,4,5);3-4H,1-2H2. The van der Waals surface area contributed by atoms with E-state index < -0.39 is 10.1 Å². The highest BCUT2D eigenvalue weighted by Gasteiger charge is 1.87. The van der Waals surface area contributed by atoms with E-state index in [0.29, 0.717) is 5.41 Å². The van der Waals surface area contributed by atoms with Gasteiger partial charge in [0, 0.05) is 0 Å². The second-order valence-corrected chi connectivity index (χ2v) is 2.49. The summed E-state index contributed by atoms with van der Waals surface area (Å²) in [5.41, 5.74) is 0. The molecule has 0 rings (SSSR count). The second kappa shape index (κ2) is 6.69. The molecule has 0 heterocycles. The van der Waals surface area contributed by atoms with Gasteiger partial charge in [-0.1, -0.05) is 6.58 Å². The van der Waals surface area contributed by atoms with Gasteiger partial charge < -0.3 is 10.2 Å². The molecule has 0 atom stereocenters. The van der Waals surface area contributed by atoms with Gasteiger partial charge in [0.2, 0.25) is 0 Å². The average molecular weight is 170 g/mol. The first-order valence-corrected chi connectivity index (χ1v) is 3.80. The molecule has 0 bridgehead atoms. The van der Waals surface area contributed by atoms with E-state index in [4.69, 9.17) is 14.8 Å². The SMILES string of the molecule is C=CS(=O)(=O)O.OCCO. The first kappa shape index (κ1) is 12.3. The summed E-state index contributed by atoms with van der Waals surface area (Å²) < 4.78 is 26.6. The van der Waals surface area contributed by atoms with Crippen molar-refractivity contribution in [3.8, 4) is 0 Å². The highest BCUT2D eigenvalue weighted by Crippen LogP contribution is 1.75. The fourth-order valence-electron chi connectivity index (χ4n) is 0. The minimum absolute atomic E-state index is 0.125. The van der Waals surface area contributed by atoms with Crippen molar-refractivity contribution in [2.45, 2.75) is 0 Å². The van der Waals surface area contributed by atoms with Crippen LogP contribution in [0, 0.1) is 0 Å². The van der Waals surface area contributed by atoms with Crippen molar-refractivity contribution in [1.29, 1.82) is 0 Å². The maximum Gasteiger partial charge on any atom is 0.287 e.